The first-order valence-corrected chi connectivity index (χ1v) is 8.21. The van der Waals surface area contributed by atoms with E-state index in [1.165, 1.54) is 18.2 Å². The summed E-state index contributed by atoms with van der Waals surface area (Å²) in [6, 6.07) is 2.85. The molecule has 0 radical (unpaired) electrons. The van der Waals surface area contributed by atoms with E-state index >= 15 is 0 Å². The Bertz CT molecular complexity index is 832. The van der Waals surface area contributed by atoms with Gasteiger partial charge >= 0.3 is 6.03 Å². The fourth-order valence-corrected chi connectivity index (χ4v) is 2.98. The van der Waals surface area contributed by atoms with Gasteiger partial charge in [0.2, 0.25) is 11.8 Å². The molecule has 9 heteroatoms. The molecule has 0 bridgehead atoms. The number of hydrogen-bond acceptors (Lipinski definition) is 5. The number of hydrogen-bond donors (Lipinski definition) is 3. The minimum Gasteiger partial charge on any atom is -0.336 e. The van der Waals surface area contributed by atoms with Crippen LogP contribution < -0.4 is 16.0 Å². The highest BCUT2D eigenvalue weighted by Crippen LogP contribution is 2.29. The lowest BCUT2D eigenvalue weighted by molar-refractivity contribution is -0.136. The number of carbonyl (C=O) groups excluding carboxylic acids is 5. The molecule has 0 spiro atoms. The van der Waals surface area contributed by atoms with Crippen molar-refractivity contribution in [3.05, 3.63) is 29.3 Å². The minimum atomic E-state index is -1.01. The monoisotopic (exact) mass is 358 g/mol. The summed E-state index contributed by atoms with van der Waals surface area (Å²) in [6.07, 6.45) is 0.157. The van der Waals surface area contributed by atoms with E-state index in [0.717, 1.165) is 4.90 Å². The Morgan fingerprint density at radius 2 is 1.85 bits per heavy atom. The molecule has 1 fully saturated rings. The Morgan fingerprint density at radius 3 is 2.50 bits per heavy atom. The molecule has 0 aliphatic carbocycles. The van der Waals surface area contributed by atoms with Gasteiger partial charge in [-0.05, 0) is 38.5 Å². The third kappa shape index (κ3) is 3.15. The van der Waals surface area contributed by atoms with Crippen LogP contribution in [0.2, 0.25) is 0 Å². The molecule has 1 saturated heterocycles. The van der Waals surface area contributed by atoms with Crippen LogP contribution in [-0.2, 0) is 9.59 Å². The van der Waals surface area contributed by atoms with Crippen molar-refractivity contribution in [3.63, 3.8) is 0 Å². The van der Waals surface area contributed by atoms with Crippen molar-refractivity contribution in [2.24, 2.45) is 0 Å². The van der Waals surface area contributed by atoms with Crippen molar-refractivity contribution in [1.29, 1.82) is 0 Å². The largest absolute Gasteiger partial charge is 0.336 e. The number of amides is 6. The van der Waals surface area contributed by atoms with Gasteiger partial charge in [-0.15, -0.1) is 0 Å². The summed E-state index contributed by atoms with van der Waals surface area (Å²) < 4.78 is 0. The number of piperidine rings is 1. The Hall–Kier alpha value is -3.23. The predicted octanol–water partition coefficient (Wildman–Crippen LogP) is 0.618. The second kappa shape index (κ2) is 6.58. The molecule has 1 atom stereocenters. The van der Waals surface area contributed by atoms with Crippen molar-refractivity contribution < 1.29 is 24.0 Å². The van der Waals surface area contributed by atoms with Crippen molar-refractivity contribution in [3.8, 4) is 0 Å². The predicted molar refractivity (Wildman–Crippen MR) is 90.4 cm³/mol. The molecule has 2 heterocycles. The van der Waals surface area contributed by atoms with Crippen LogP contribution in [0.5, 0.6) is 0 Å². The fourth-order valence-electron chi connectivity index (χ4n) is 2.98. The van der Waals surface area contributed by atoms with E-state index in [2.05, 4.69) is 16.0 Å². The summed E-state index contributed by atoms with van der Waals surface area (Å²) in [6.45, 7) is 3.62. The minimum absolute atomic E-state index is 0.0596. The molecule has 1 aromatic rings. The van der Waals surface area contributed by atoms with Gasteiger partial charge in [0.05, 0.1) is 11.1 Å². The second-order valence-electron chi connectivity index (χ2n) is 6.46. The van der Waals surface area contributed by atoms with E-state index in [0.29, 0.717) is 5.69 Å². The number of anilines is 1. The molecule has 3 rings (SSSR count). The SMILES string of the molecule is CC(C)NC(=O)Nc1ccc2c(c1)C(=O)N(C1CCC(=O)NC1=O)C2=O. The normalized spacial score (nSPS) is 19.5. The maximum atomic E-state index is 12.7. The molecule has 26 heavy (non-hydrogen) atoms. The maximum absolute atomic E-state index is 12.7. The van der Waals surface area contributed by atoms with Crippen molar-refractivity contribution >= 4 is 35.3 Å². The molecule has 3 N–H and O–H groups in total. The number of benzene rings is 1. The number of nitrogens with zero attached hydrogens (tertiary/aromatic N) is 1. The second-order valence-corrected chi connectivity index (χ2v) is 6.46. The molecule has 136 valence electrons. The molecule has 9 nitrogen and oxygen atoms in total. The van der Waals surface area contributed by atoms with Gasteiger partial charge in [0, 0.05) is 18.2 Å². The molecule has 1 unspecified atom stereocenters. The lowest BCUT2D eigenvalue weighted by Gasteiger charge is -2.27. The number of urea groups is 1. The Balaban J connectivity index is 1.83. The number of nitrogens with one attached hydrogen (secondary N) is 3. The number of rotatable bonds is 3. The zero-order valence-corrected chi connectivity index (χ0v) is 14.3. The van der Waals surface area contributed by atoms with Crippen LogP contribution in [-0.4, -0.2) is 46.6 Å². The van der Waals surface area contributed by atoms with Crippen molar-refractivity contribution in [2.45, 2.75) is 38.8 Å². The van der Waals surface area contributed by atoms with E-state index in [1.807, 2.05) is 13.8 Å². The van der Waals surface area contributed by atoms with Crippen LogP contribution in [0.4, 0.5) is 10.5 Å². The van der Waals surface area contributed by atoms with E-state index in [4.69, 9.17) is 0 Å². The molecule has 0 aromatic heterocycles. The highest BCUT2D eigenvalue weighted by Gasteiger charge is 2.44. The molecule has 0 saturated carbocycles. The van der Waals surface area contributed by atoms with E-state index in [9.17, 15) is 24.0 Å². The number of carbonyl (C=O) groups is 5. The van der Waals surface area contributed by atoms with Crippen LogP contribution in [0.3, 0.4) is 0 Å². The quantitative estimate of drug-likeness (QED) is 0.683. The van der Waals surface area contributed by atoms with Gasteiger partial charge in [0.15, 0.2) is 0 Å². The van der Waals surface area contributed by atoms with Gasteiger partial charge in [-0.25, -0.2) is 4.79 Å². The molecule has 2 aliphatic rings. The van der Waals surface area contributed by atoms with Crippen molar-refractivity contribution in [1.82, 2.24) is 15.5 Å². The Labute approximate surface area is 149 Å². The Morgan fingerprint density at radius 1 is 1.15 bits per heavy atom. The first kappa shape index (κ1) is 17.6. The zero-order chi connectivity index (χ0) is 19.0. The lowest BCUT2D eigenvalue weighted by Crippen LogP contribution is -2.54. The first-order valence-electron chi connectivity index (χ1n) is 8.21. The fraction of sp³-hybridized carbons (Fsp3) is 0.353. The molecule has 1 aromatic carbocycles. The molecular formula is C17H18N4O5. The van der Waals surface area contributed by atoms with Gasteiger partial charge < -0.3 is 10.6 Å². The van der Waals surface area contributed by atoms with Crippen molar-refractivity contribution in [2.75, 3.05) is 5.32 Å². The first-order chi connectivity index (χ1) is 12.3. The number of imide groups is 2. The third-order valence-corrected chi connectivity index (χ3v) is 4.12. The van der Waals surface area contributed by atoms with Crippen LogP contribution >= 0.6 is 0 Å². The standard InChI is InChI=1S/C17H18N4O5/c1-8(2)18-17(26)19-9-3-4-10-11(7-9)16(25)21(15(10)24)12-5-6-13(22)20-14(12)23/h3-4,7-8,12H,5-6H2,1-2H3,(H2,18,19,26)(H,20,22,23). The summed E-state index contributed by atoms with van der Waals surface area (Å²) in [7, 11) is 0. The maximum Gasteiger partial charge on any atom is 0.319 e. The van der Waals surface area contributed by atoms with Crippen LogP contribution in [0.25, 0.3) is 0 Å². The molecular weight excluding hydrogens is 340 g/mol. The van der Waals surface area contributed by atoms with E-state index in [-0.39, 0.29) is 30.0 Å². The van der Waals surface area contributed by atoms with E-state index < -0.39 is 35.7 Å². The van der Waals surface area contributed by atoms with Gasteiger partial charge in [-0.3, -0.25) is 29.4 Å². The average molecular weight is 358 g/mol. The number of fused-ring (bicyclic) bond motifs is 1. The van der Waals surface area contributed by atoms with Gasteiger partial charge in [-0.1, -0.05) is 0 Å². The van der Waals surface area contributed by atoms with Crippen LogP contribution in [0.1, 0.15) is 47.4 Å². The van der Waals surface area contributed by atoms with Crippen LogP contribution in [0, 0.1) is 0 Å². The molecule has 2 aliphatic heterocycles. The summed E-state index contributed by atoms with van der Waals surface area (Å²) in [5.74, 6) is -2.29. The van der Waals surface area contributed by atoms with Gasteiger partial charge in [-0.2, -0.15) is 0 Å². The summed E-state index contributed by atoms with van der Waals surface area (Å²) in [5, 5.41) is 7.38. The topological polar surface area (TPSA) is 125 Å². The summed E-state index contributed by atoms with van der Waals surface area (Å²) in [4.78, 5) is 61.2. The Kier molecular flexibility index (Phi) is 4.45. The highest BCUT2D eigenvalue weighted by atomic mass is 16.2. The van der Waals surface area contributed by atoms with E-state index in [1.54, 1.807) is 0 Å². The van der Waals surface area contributed by atoms with Gasteiger partial charge in [0.25, 0.3) is 11.8 Å². The molecule has 6 amide bonds. The smallest absolute Gasteiger partial charge is 0.319 e. The zero-order valence-electron chi connectivity index (χ0n) is 14.3. The highest BCUT2D eigenvalue weighted by molar-refractivity contribution is 6.23. The average Bonchev–Trinajstić information content (AvgIpc) is 2.78. The third-order valence-electron chi connectivity index (χ3n) is 4.12. The van der Waals surface area contributed by atoms with Gasteiger partial charge in [0.1, 0.15) is 6.04 Å². The summed E-state index contributed by atoms with van der Waals surface area (Å²) >= 11 is 0. The summed E-state index contributed by atoms with van der Waals surface area (Å²) in [5.41, 5.74) is 0.629. The van der Waals surface area contributed by atoms with Crippen LogP contribution in [0.15, 0.2) is 18.2 Å². The lowest BCUT2D eigenvalue weighted by atomic mass is 10.0.